The third-order valence-corrected chi connectivity index (χ3v) is 1.91. The topological polar surface area (TPSA) is 60.6 Å². The van der Waals surface area contributed by atoms with Crippen LogP contribution in [0.3, 0.4) is 0 Å². The van der Waals surface area contributed by atoms with E-state index in [9.17, 15) is 0 Å². The van der Waals surface area contributed by atoms with Crippen LogP contribution in [0.15, 0.2) is 38.5 Å². The fraction of sp³-hybridized carbons (Fsp3) is 0. The standard InChI is InChI=1S/C9H6ClN4.CH3.Y/c10-8-4-6(5-13-14-8)7-2-1-3-12-9(7)11;;/h2-5,11,14H;1H3;/q2*-1;/b7-6+,11-9?;;. The number of hydrazone groups is 1. The van der Waals surface area contributed by atoms with Crippen molar-refractivity contribution < 1.29 is 32.7 Å². The van der Waals surface area contributed by atoms with E-state index in [1.807, 2.05) is 0 Å². The van der Waals surface area contributed by atoms with Crippen LogP contribution in [-0.4, -0.2) is 18.3 Å². The molecule has 0 aliphatic carbocycles. The maximum absolute atomic E-state index is 7.57. The summed E-state index contributed by atoms with van der Waals surface area (Å²) >= 11 is 5.74. The van der Waals surface area contributed by atoms with Crippen LogP contribution in [0.4, 0.5) is 0 Å². The number of hydrogen-bond donors (Lipinski definition) is 2. The Morgan fingerprint density at radius 3 is 2.81 bits per heavy atom. The number of hydrogen-bond acceptors (Lipinski definition) is 3. The molecule has 0 saturated heterocycles. The molecule has 2 N–H and O–H groups in total. The summed E-state index contributed by atoms with van der Waals surface area (Å²) in [7, 11) is 0. The summed E-state index contributed by atoms with van der Waals surface area (Å²) in [6, 6.07) is 0. The molecule has 0 saturated carbocycles. The predicted octanol–water partition coefficient (Wildman–Crippen LogP) is 1.82. The second kappa shape index (κ2) is 6.89. The van der Waals surface area contributed by atoms with E-state index in [0.717, 1.165) is 5.57 Å². The van der Waals surface area contributed by atoms with Crippen molar-refractivity contribution in [1.29, 1.82) is 5.41 Å². The van der Waals surface area contributed by atoms with E-state index in [4.69, 9.17) is 17.0 Å². The first-order valence-electron chi connectivity index (χ1n) is 3.88. The van der Waals surface area contributed by atoms with Crippen LogP contribution in [-0.2, 0) is 32.7 Å². The fourth-order valence-electron chi connectivity index (χ4n) is 1.10. The first-order valence-corrected chi connectivity index (χ1v) is 4.26. The van der Waals surface area contributed by atoms with Crippen molar-refractivity contribution in [3.63, 3.8) is 0 Å². The Labute approximate surface area is 125 Å². The first-order chi connectivity index (χ1) is 6.77. The number of rotatable bonds is 0. The second-order valence-corrected chi connectivity index (χ2v) is 3.06. The van der Waals surface area contributed by atoms with Crippen molar-refractivity contribution in [3.8, 4) is 0 Å². The van der Waals surface area contributed by atoms with Gasteiger partial charge < -0.3 is 12.8 Å². The number of aliphatic imine (C=N–C) groups is 1. The average molecular weight is 310 g/mol. The van der Waals surface area contributed by atoms with Gasteiger partial charge in [-0.05, 0) is 6.08 Å². The molecule has 0 aromatic heterocycles. The Morgan fingerprint density at radius 2 is 2.19 bits per heavy atom. The molecule has 2 heterocycles. The smallest absolute Gasteiger partial charge is 0.121 e. The molecule has 16 heavy (non-hydrogen) atoms. The van der Waals surface area contributed by atoms with Crippen LogP contribution >= 0.6 is 11.6 Å². The zero-order valence-corrected chi connectivity index (χ0v) is 12.3. The van der Waals surface area contributed by atoms with Gasteiger partial charge in [0.05, 0.1) is 5.84 Å². The van der Waals surface area contributed by atoms with E-state index in [1.165, 1.54) is 6.21 Å². The van der Waals surface area contributed by atoms with Crippen LogP contribution in [0, 0.1) is 18.9 Å². The van der Waals surface area contributed by atoms with Gasteiger partial charge in [0.1, 0.15) is 5.16 Å². The molecule has 0 aromatic rings. The second-order valence-electron chi connectivity index (χ2n) is 2.65. The normalized spacial score (nSPS) is 21.8. The van der Waals surface area contributed by atoms with E-state index >= 15 is 0 Å². The molecule has 0 atom stereocenters. The maximum Gasteiger partial charge on any atom is 0.121 e. The van der Waals surface area contributed by atoms with Crippen molar-refractivity contribution in [1.82, 2.24) is 5.43 Å². The Morgan fingerprint density at radius 1 is 1.44 bits per heavy atom. The van der Waals surface area contributed by atoms with Gasteiger partial charge in [0, 0.05) is 38.9 Å². The van der Waals surface area contributed by atoms with Crippen molar-refractivity contribution >= 4 is 29.9 Å². The number of nitrogens with one attached hydrogen (secondary N) is 2. The quantitative estimate of drug-likeness (QED) is 0.520. The predicted molar refractivity (Wildman–Crippen MR) is 63.0 cm³/mol. The van der Waals surface area contributed by atoms with Crippen LogP contribution in [0.2, 0.25) is 0 Å². The number of allylic oxidation sites excluding steroid dienone is 3. The largest absolute Gasteiger partial charge is 0.358 e. The van der Waals surface area contributed by atoms with Gasteiger partial charge in [-0.15, -0.1) is 5.57 Å². The Hall–Kier alpha value is -0.576. The molecule has 2 aliphatic heterocycles. The number of nitrogens with zero attached hydrogens (tertiary/aromatic N) is 2. The molecule has 0 bridgehead atoms. The molecular formula is C10H9ClN4Y-2. The number of halogens is 1. The SMILES string of the molecule is N=C1N=C[C-]=C/C1=C1\C=NNC(Cl)=C1.[CH3-].[Y]. The van der Waals surface area contributed by atoms with Crippen molar-refractivity contribution in [2.24, 2.45) is 10.1 Å². The van der Waals surface area contributed by atoms with Crippen molar-refractivity contribution in [2.75, 3.05) is 0 Å². The average Bonchev–Trinajstić information content (AvgIpc) is 2.18. The molecule has 4 nitrogen and oxygen atoms in total. The fourth-order valence-corrected chi connectivity index (χ4v) is 1.26. The van der Waals surface area contributed by atoms with E-state index in [1.54, 1.807) is 18.4 Å². The number of dihydropyridines is 1. The third-order valence-electron chi connectivity index (χ3n) is 1.72. The van der Waals surface area contributed by atoms with Gasteiger partial charge in [0.25, 0.3) is 0 Å². The minimum Gasteiger partial charge on any atom is -0.358 e. The molecule has 0 spiro atoms. The monoisotopic (exact) mass is 309 g/mol. The summed E-state index contributed by atoms with van der Waals surface area (Å²) in [6.07, 6.45) is 9.23. The summed E-state index contributed by atoms with van der Waals surface area (Å²) < 4.78 is 0. The summed E-state index contributed by atoms with van der Waals surface area (Å²) in [6.45, 7) is 0. The molecule has 0 aromatic carbocycles. The van der Waals surface area contributed by atoms with Gasteiger partial charge in [-0.1, -0.05) is 23.4 Å². The maximum atomic E-state index is 7.57. The van der Waals surface area contributed by atoms with Gasteiger partial charge in [-0.25, -0.2) is 12.2 Å². The van der Waals surface area contributed by atoms with Crippen LogP contribution in [0.25, 0.3) is 0 Å². The Kier molecular flexibility index (Phi) is 6.64. The molecule has 1 radical (unpaired) electrons. The van der Waals surface area contributed by atoms with Gasteiger partial charge >= 0.3 is 0 Å². The van der Waals surface area contributed by atoms with Gasteiger partial charge in [0.15, 0.2) is 0 Å². The van der Waals surface area contributed by atoms with E-state index in [-0.39, 0.29) is 46.0 Å². The van der Waals surface area contributed by atoms with Crippen molar-refractivity contribution in [3.05, 3.63) is 42.0 Å². The summed E-state index contributed by atoms with van der Waals surface area (Å²) in [5.41, 5.74) is 4.00. The number of amidine groups is 1. The van der Waals surface area contributed by atoms with Gasteiger partial charge in [-0.2, -0.15) is 5.10 Å². The summed E-state index contributed by atoms with van der Waals surface area (Å²) in [4.78, 5) is 3.82. The first kappa shape index (κ1) is 15.4. The molecular weight excluding hydrogens is 300 g/mol. The van der Waals surface area contributed by atoms with Crippen LogP contribution < -0.4 is 5.43 Å². The van der Waals surface area contributed by atoms with Crippen LogP contribution in [0.1, 0.15) is 0 Å². The van der Waals surface area contributed by atoms with E-state index < -0.39 is 0 Å². The third kappa shape index (κ3) is 3.47. The zero-order chi connectivity index (χ0) is 9.97. The molecule has 0 fully saturated rings. The van der Waals surface area contributed by atoms with Gasteiger partial charge in [-0.3, -0.25) is 10.4 Å². The summed E-state index contributed by atoms with van der Waals surface area (Å²) in [5, 5.41) is 11.8. The van der Waals surface area contributed by atoms with Crippen LogP contribution in [0.5, 0.6) is 0 Å². The summed E-state index contributed by atoms with van der Waals surface area (Å²) in [5.74, 6) is 0.188. The van der Waals surface area contributed by atoms with Crippen molar-refractivity contribution in [2.45, 2.75) is 0 Å². The van der Waals surface area contributed by atoms with E-state index in [0.29, 0.717) is 10.7 Å². The Balaban J connectivity index is 0.00000112. The van der Waals surface area contributed by atoms with E-state index in [2.05, 4.69) is 21.6 Å². The Bertz CT molecular complexity index is 432. The molecule has 0 amide bonds. The van der Waals surface area contributed by atoms with Gasteiger partial charge in [0.2, 0.25) is 0 Å². The molecule has 2 aliphatic rings. The molecule has 81 valence electrons. The minimum atomic E-state index is 0. The molecule has 6 heteroatoms. The molecule has 2 rings (SSSR count). The minimum absolute atomic E-state index is 0. The zero-order valence-electron chi connectivity index (χ0n) is 8.66. The molecule has 0 unspecified atom stereocenters.